The second-order valence-corrected chi connectivity index (χ2v) is 4.79. The van der Waals surface area contributed by atoms with Crippen LogP contribution in [0.5, 0.6) is 0 Å². The maximum absolute atomic E-state index is 4.56. The zero-order valence-corrected chi connectivity index (χ0v) is 12.4. The van der Waals surface area contributed by atoms with Gasteiger partial charge in [-0.25, -0.2) is 0 Å². The normalized spacial score (nSPS) is 11.5. The predicted molar refractivity (Wildman–Crippen MR) is 90.6 cm³/mol. The second kappa shape index (κ2) is 7.70. The van der Waals surface area contributed by atoms with Crippen molar-refractivity contribution in [3.8, 4) is 0 Å². The molecular formula is C18H15N5. The summed E-state index contributed by atoms with van der Waals surface area (Å²) in [6, 6.07) is 11.5. The lowest BCUT2D eigenvalue weighted by molar-refractivity contribution is 0.781. The molecule has 3 heterocycles. The molecule has 3 aromatic rings. The van der Waals surface area contributed by atoms with Gasteiger partial charge in [0, 0.05) is 66.3 Å². The number of hydrogen-bond donors (Lipinski definition) is 0. The first-order valence-corrected chi connectivity index (χ1v) is 7.18. The fourth-order valence-electron chi connectivity index (χ4n) is 1.96. The van der Waals surface area contributed by atoms with E-state index in [2.05, 4.69) is 24.9 Å². The van der Waals surface area contributed by atoms with Crippen molar-refractivity contribution in [2.75, 3.05) is 0 Å². The van der Waals surface area contributed by atoms with Crippen molar-refractivity contribution in [3.05, 3.63) is 90.3 Å². The lowest BCUT2D eigenvalue weighted by Crippen LogP contribution is -1.96. The Morgan fingerprint density at radius 2 is 1.22 bits per heavy atom. The van der Waals surface area contributed by atoms with Gasteiger partial charge in [0.05, 0.1) is 0 Å². The van der Waals surface area contributed by atoms with Crippen LogP contribution >= 0.6 is 0 Å². The van der Waals surface area contributed by atoms with Crippen LogP contribution in [0.2, 0.25) is 0 Å². The molecule has 0 radical (unpaired) electrons. The van der Waals surface area contributed by atoms with E-state index in [-0.39, 0.29) is 6.17 Å². The third-order valence-corrected chi connectivity index (χ3v) is 3.08. The molecule has 0 N–H and O–H groups in total. The number of aromatic nitrogens is 3. The van der Waals surface area contributed by atoms with Crippen molar-refractivity contribution in [3.63, 3.8) is 0 Å². The van der Waals surface area contributed by atoms with Crippen LogP contribution in [0, 0.1) is 0 Å². The second-order valence-electron chi connectivity index (χ2n) is 4.79. The average Bonchev–Trinajstić information content (AvgIpc) is 2.64. The van der Waals surface area contributed by atoms with Gasteiger partial charge in [-0.05, 0) is 18.2 Å². The van der Waals surface area contributed by atoms with Crippen molar-refractivity contribution in [1.29, 1.82) is 0 Å². The molecule has 0 atom stereocenters. The molecule has 112 valence electrons. The van der Waals surface area contributed by atoms with Gasteiger partial charge in [0.15, 0.2) is 6.17 Å². The Balaban J connectivity index is 1.85. The van der Waals surface area contributed by atoms with Crippen LogP contribution in [0.25, 0.3) is 0 Å². The molecule has 0 saturated heterocycles. The van der Waals surface area contributed by atoms with E-state index in [0.29, 0.717) is 0 Å². The molecule has 0 aliphatic heterocycles. The van der Waals surface area contributed by atoms with E-state index in [1.807, 2.05) is 36.4 Å². The Morgan fingerprint density at radius 3 is 1.65 bits per heavy atom. The topological polar surface area (TPSA) is 63.4 Å². The molecule has 0 aliphatic carbocycles. The van der Waals surface area contributed by atoms with E-state index in [9.17, 15) is 0 Å². The Labute approximate surface area is 134 Å². The molecule has 5 nitrogen and oxygen atoms in total. The number of hydrogen-bond acceptors (Lipinski definition) is 5. The molecule has 0 unspecified atom stereocenters. The maximum atomic E-state index is 4.56. The van der Waals surface area contributed by atoms with Gasteiger partial charge < -0.3 is 0 Å². The largest absolute Gasteiger partial charge is 0.264 e. The monoisotopic (exact) mass is 301 g/mol. The van der Waals surface area contributed by atoms with Crippen LogP contribution in [0.3, 0.4) is 0 Å². The summed E-state index contributed by atoms with van der Waals surface area (Å²) in [5, 5.41) is 0. The van der Waals surface area contributed by atoms with Gasteiger partial charge in [-0.15, -0.1) is 0 Å². The van der Waals surface area contributed by atoms with Crippen LogP contribution in [-0.4, -0.2) is 27.4 Å². The molecule has 5 heteroatoms. The minimum absolute atomic E-state index is 0.357. The highest BCUT2D eigenvalue weighted by Crippen LogP contribution is 2.17. The standard InChI is InChI=1S/C18H15N5/c1-4-15(10-19-7-1)12-22-18(17-6-3-9-21-14-17)23-13-16-5-2-8-20-11-16/h1-14,18H/b22-12+,23-13+. The van der Waals surface area contributed by atoms with E-state index in [0.717, 1.165) is 16.7 Å². The maximum Gasteiger partial charge on any atom is 0.166 e. The number of aliphatic imine (C=N–C) groups is 2. The third kappa shape index (κ3) is 4.38. The SMILES string of the molecule is C(=N\C(/N=C/c1cccnc1)c1cccnc1)/c1cccnc1. The first-order valence-electron chi connectivity index (χ1n) is 7.18. The van der Waals surface area contributed by atoms with E-state index in [4.69, 9.17) is 0 Å². The van der Waals surface area contributed by atoms with Gasteiger partial charge in [-0.2, -0.15) is 0 Å². The van der Waals surface area contributed by atoms with Crippen molar-refractivity contribution in [2.45, 2.75) is 6.17 Å². The lowest BCUT2D eigenvalue weighted by Gasteiger charge is -2.07. The minimum atomic E-state index is -0.357. The zero-order valence-electron chi connectivity index (χ0n) is 12.4. The van der Waals surface area contributed by atoms with Crippen LogP contribution in [0.15, 0.2) is 83.6 Å². The van der Waals surface area contributed by atoms with Gasteiger partial charge in [0.1, 0.15) is 0 Å². The number of nitrogens with zero attached hydrogens (tertiary/aromatic N) is 5. The third-order valence-electron chi connectivity index (χ3n) is 3.08. The van der Waals surface area contributed by atoms with Crippen molar-refractivity contribution in [1.82, 2.24) is 15.0 Å². The summed E-state index contributed by atoms with van der Waals surface area (Å²) >= 11 is 0. The molecule has 0 bridgehead atoms. The van der Waals surface area contributed by atoms with Crippen molar-refractivity contribution >= 4 is 12.4 Å². The molecule has 23 heavy (non-hydrogen) atoms. The molecule has 3 rings (SSSR count). The molecule has 3 aromatic heterocycles. The summed E-state index contributed by atoms with van der Waals surface area (Å²) in [7, 11) is 0. The highest BCUT2D eigenvalue weighted by atomic mass is 15.0. The highest BCUT2D eigenvalue weighted by Gasteiger charge is 2.06. The highest BCUT2D eigenvalue weighted by molar-refractivity contribution is 5.80. The van der Waals surface area contributed by atoms with Crippen molar-refractivity contribution < 1.29 is 0 Å². The number of pyridine rings is 3. The Morgan fingerprint density at radius 1 is 0.696 bits per heavy atom. The van der Waals surface area contributed by atoms with E-state index in [1.54, 1.807) is 49.6 Å². The summed E-state index contributed by atoms with van der Waals surface area (Å²) in [6.45, 7) is 0. The zero-order chi connectivity index (χ0) is 15.7. The Bertz CT molecular complexity index is 721. The van der Waals surface area contributed by atoms with Crippen LogP contribution in [0.4, 0.5) is 0 Å². The lowest BCUT2D eigenvalue weighted by atomic mass is 10.2. The fraction of sp³-hybridized carbons (Fsp3) is 0.0556. The van der Waals surface area contributed by atoms with Crippen LogP contribution in [0.1, 0.15) is 22.9 Å². The first kappa shape index (κ1) is 14.7. The Hall–Kier alpha value is -3.21. The summed E-state index contributed by atoms with van der Waals surface area (Å²) in [5.74, 6) is 0. The molecule has 0 fully saturated rings. The number of rotatable bonds is 5. The van der Waals surface area contributed by atoms with Gasteiger partial charge >= 0.3 is 0 Å². The van der Waals surface area contributed by atoms with Crippen LogP contribution < -0.4 is 0 Å². The van der Waals surface area contributed by atoms with E-state index < -0.39 is 0 Å². The molecule has 0 saturated carbocycles. The molecular weight excluding hydrogens is 286 g/mol. The van der Waals surface area contributed by atoms with Gasteiger partial charge in [-0.1, -0.05) is 18.2 Å². The minimum Gasteiger partial charge on any atom is -0.264 e. The predicted octanol–water partition coefficient (Wildman–Crippen LogP) is 3.11. The van der Waals surface area contributed by atoms with E-state index >= 15 is 0 Å². The molecule has 0 aliphatic rings. The smallest absolute Gasteiger partial charge is 0.166 e. The van der Waals surface area contributed by atoms with Gasteiger partial charge in [0.2, 0.25) is 0 Å². The average molecular weight is 301 g/mol. The first-order chi connectivity index (χ1) is 11.4. The van der Waals surface area contributed by atoms with Gasteiger partial charge in [0.25, 0.3) is 0 Å². The van der Waals surface area contributed by atoms with Gasteiger partial charge in [-0.3, -0.25) is 24.9 Å². The molecule has 0 spiro atoms. The van der Waals surface area contributed by atoms with Crippen LogP contribution in [-0.2, 0) is 0 Å². The Kier molecular flexibility index (Phi) is 4.93. The summed E-state index contributed by atoms with van der Waals surface area (Å²) in [4.78, 5) is 21.4. The molecule has 0 aromatic carbocycles. The fourth-order valence-corrected chi connectivity index (χ4v) is 1.96. The summed E-state index contributed by atoms with van der Waals surface area (Å²) < 4.78 is 0. The molecule has 0 amide bonds. The summed E-state index contributed by atoms with van der Waals surface area (Å²) in [6.07, 6.45) is 13.7. The quantitative estimate of drug-likeness (QED) is 0.680. The van der Waals surface area contributed by atoms with E-state index in [1.165, 1.54) is 0 Å². The summed E-state index contributed by atoms with van der Waals surface area (Å²) in [5.41, 5.74) is 2.78. The van der Waals surface area contributed by atoms with Crippen molar-refractivity contribution in [2.24, 2.45) is 9.98 Å².